The lowest BCUT2D eigenvalue weighted by Gasteiger charge is -2.08. The zero-order chi connectivity index (χ0) is 15.2. The van der Waals surface area contributed by atoms with Gasteiger partial charge in [0.25, 0.3) is 0 Å². The van der Waals surface area contributed by atoms with E-state index in [1.165, 1.54) is 17.5 Å². The molecule has 0 N–H and O–H groups in total. The molecule has 3 aromatic rings. The summed E-state index contributed by atoms with van der Waals surface area (Å²) in [6, 6.07) is 16.7. The third-order valence-corrected chi connectivity index (χ3v) is 3.70. The highest BCUT2D eigenvalue weighted by molar-refractivity contribution is 5.82. The van der Waals surface area contributed by atoms with Crippen LogP contribution in [0.1, 0.15) is 24.5 Å². The maximum absolute atomic E-state index is 5.85. The molecule has 3 heteroatoms. The Labute approximate surface area is 131 Å². The molecule has 3 nitrogen and oxygen atoms in total. The van der Waals surface area contributed by atoms with Crippen LogP contribution in [0.3, 0.4) is 0 Å². The van der Waals surface area contributed by atoms with Crippen LogP contribution in [0.4, 0.5) is 0 Å². The predicted octanol–water partition coefficient (Wildman–Crippen LogP) is 4.20. The van der Waals surface area contributed by atoms with Crippen molar-refractivity contribution < 1.29 is 4.74 Å². The molecule has 0 saturated heterocycles. The highest BCUT2D eigenvalue weighted by atomic mass is 16.5. The van der Waals surface area contributed by atoms with Gasteiger partial charge in [-0.1, -0.05) is 49.7 Å². The lowest BCUT2D eigenvalue weighted by molar-refractivity contribution is 0.313. The molecule has 0 spiro atoms. The summed E-state index contributed by atoms with van der Waals surface area (Å²) in [4.78, 5) is 8.49. The molecule has 1 heterocycles. The van der Waals surface area contributed by atoms with E-state index in [9.17, 15) is 0 Å². The second-order valence-electron chi connectivity index (χ2n) is 5.36. The maximum atomic E-state index is 5.85. The molecular weight excluding hydrogens is 272 g/mol. The van der Waals surface area contributed by atoms with Crippen molar-refractivity contribution in [3.63, 3.8) is 0 Å². The van der Waals surface area contributed by atoms with E-state index in [0.717, 1.165) is 23.7 Å². The first-order valence-corrected chi connectivity index (χ1v) is 7.77. The third-order valence-electron chi connectivity index (χ3n) is 3.70. The molecular formula is C19H20N2O. The van der Waals surface area contributed by atoms with E-state index in [1.807, 2.05) is 24.3 Å². The first-order valence-electron chi connectivity index (χ1n) is 7.77. The summed E-state index contributed by atoms with van der Waals surface area (Å²) in [5.41, 5.74) is 3.60. The van der Waals surface area contributed by atoms with Crippen LogP contribution in [0.5, 0.6) is 5.88 Å². The number of aryl methyl sites for hydroxylation is 1. The van der Waals surface area contributed by atoms with E-state index in [2.05, 4.69) is 41.2 Å². The van der Waals surface area contributed by atoms with Crippen LogP contribution in [-0.4, -0.2) is 16.6 Å². The Balaban J connectivity index is 1.62. The van der Waals surface area contributed by atoms with Gasteiger partial charge in [0, 0.05) is 6.42 Å². The average Bonchev–Trinajstić information content (AvgIpc) is 2.57. The van der Waals surface area contributed by atoms with Crippen molar-refractivity contribution in [3.8, 4) is 5.88 Å². The number of ether oxygens (including phenoxy) is 1. The van der Waals surface area contributed by atoms with Crippen LogP contribution in [-0.2, 0) is 12.8 Å². The van der Waals surface area contributed by atoms with Crippen molar-refractivity contribution in [3.05, 3.63) is 66.0 Å². The largest absolute Gasteiger partial charge is 0.477 e. The first-order chi connectivity index (χ1) is 10.9. The zero-order valence-electron chi connectivity index (χ0n) is 12.8. The van der Waals surface area contributed by atoms with Gasteiger partial charge < -0.3 is 4.74 Å². The zero-order valence-corrected chi connectivity index (χ0v) is 12.8. The van der Waals surface area contributed by atoms with Gasteiger partial charge in [0.15, 0.2) is 0 Å². The predicted molar refractivity (Wildman–Crippen MR) is 89.2 cm³/mol. The van der Waals surface area contributed by atoms with Gasteiger partial charge in [-0.3, -0.25) is 0 Å². The molecule has 0 amide bonds. The summed E-state index contributed by atoms with van der Waals surface area (Å²) >= 11 is 0. The van der Waals surface area contributed by atoms with E-state index >= 15 is 0 Å². The molecule has 0 fully saturated rings. The lowest BCUT2D eigenvalue weighted by atomic mass is 10.1. The number of hydrogen-bond acceptors (Lipinski definition) is 3. The SMILES string of the molecule is CCCc1ccc(CCOc2ncnc3ccccc23)cc1. The Bertz CT molecular complexity index is 733. The smallest absolute Gasteiger partial charge is 0.224 e. The molecule has 0 atom stereocenters. The summed E-state index contributed by atoms with van der Waals surface area (Å²) in [6.07, 6.45) is 4.76. The fraction of sp³-hybridized carbons (Fsp3) is 0.263. The van der Waals surface area contributed by atoms with Crippen molar-refractivity contribution in [2.75, 3.05) is 6.61 Å². The standard InChI is InChI=1S/C19H20N2O/c1-2-5-15-8-10-16(11-9-15)12-13-22-19-17-6-3-4-7-18(17)20-14-21-19/h3-4,6-11,14H,2,5,12-13H2,1H3. The van der Waals surface area contributed by atoms with Crippen LogP contribution in [0.25, 0.3) is 10.9 Å². The van der Waals surface area contributed by atoms with Crippen molar-refractivity contribution in [2.45, 2.75) is 26.2 Å². The summed E-state index contributed by atoms with van der Waals surface area (Å²) in [5, 5.41) is 0.961. The van der Waals surface area contributed by atoms with E-state index in [0.29, 0.717) is 12.5 Å². The van der Waals surface area contributed by atoms with Crippen LogP contribution < -0.4 is 4.74 Å². The fourth-order valence-corrected chi connectivity index (χ4v) is 2.52. The summed E-state index contributed by atoms with van der Waals surface area (Å²) < 4.78 is 5.85. The van der Waals surface area contributed by atoms with Gasteiger partial charge in [-0.2, -0.15) is 0 Å². The van der Waals surface area contributed by atoms with E-state index in [1.54, 1.807) is 6.33 Å². The Morgan fingerprint density at radius 1 is 0.864 bits per heavy atom. The summed E-state index contributed by atoms with van der Waals surface area (Å²) in [5.74, 6) is 0.660. The van der Waals surface area contributed by atoms with E-state index in [4.69, 9.17) is 4.74 Å². The molecule has 0 aliphatic heterocycles. The number of para-hydroxylation sites is 1. The number of fused-ring (bicyclic) bond motifs is 1. The Hall–Kier alpha value is -2.42. The van der Waals surface area contributed by atoms with Crippen LogP contribution in [0.2, 0.25) is 0 Å². The second kappa shape index (κ2) is 7.03. The minimum absolute atomic E-state index is 0.619. The molecule has 112 valence electrons. The normalized spacial score (nSPS) is 10.8. The molecule has 0 saturated carbocycles. The number of nitrogens with zero attached hydrogens (tertiary/aromatic N) is 2. The monoisotopic (exact) mass is 292 g/mol. The third kappa shape index (κ3) is 3.42. The average molecular weight is 292 g/mol. The van der Waals surface area contributed by atoms with Crippen molar-refractivity contribution in [2.24, 2.45) is 0 Å². The Morgan fingerprint density at radius 3 is 2.36 bits per heavy atom. The first kappa shape index (κ1) is 14.5. The van der Waals surface area contributed by atoms with Gasteiger partial charge in [0.1, 0.15) is 6.33 Å². The molecule has 22 heavy (non-hydrogen) atoms. The molecule has 3 rings (SSSR count). The Kier molecular flexibility index (Phi) is 4.64. The van der Waals surface area contributed by atoms with Crippen LogP contribution >= 0.6 is 0 Å². The topological polar surface area (TPSA) is 35.0 Å². The van der Waals surface area contributed by atoms with Gasteiger partial charge in [-0.15, -0.1) is 0 Å². The number of rotatable bonds is 6. The van der Waals surface area contributed by atoms with Gasteiger partial charge in [-0.05, 0) is 29.7 Å². The highest BCUT2D eigenvalue weighted by Gasteiger charge is 2.04. The lowest BCUT2D eigenvalue weighted by Crippen LogP contribution is -2.03. The summed E-state index contributed by atoms with van der Waals surface area (Å²) in [6.45, 7) is 2.82. The number of hydrogen-bond donors (Lipinski definition) is 0. The maximum Gasteiger partial charge on any atom is 0.224 e. The quantitative estimate of drug-likeness (QED) is 0.683. The minimum Gasteiger partial charge on any atom is -0.477 e. The molecule has 0 aliphatic carbocycles. The van der Waals surface area contributed by atoms with Gasteiger partial charge in [-0.25, -0.2) is 9.97 Å². The van der Waals surface area contributed by atoms with Crippen molar-refractivity contribution in [1.29, 1.82) is 0 Å². The van der Waals surface area contributed by atoms with Crippen molar-refractivity contribution >= 4 is 10.9 Å². The van der Waals surface area contributed by atoms with Gasteiger partial charge in [0.05, 0.1) is 17.5 Å². The molecule has 0 unspecified atom stereocenters. The molecule has 0 radical (unpaired) electrons. The van der Waals surface area contributed by atoms with Gasteiger partial charge in [0.2, 0.25) is 5.88 Å². The van der Waals surface area contributed by atoms with Crippen molar-refractivity contribution in [1.82, 2.24) is 9.97 Å². The molecule has 0 aliphatic rings. The number of benzene rings is 2. The van der Waals surface area contributed by atoms with Crippen LogP contribution in [0, 0.1) is 0 Å². The molecule has 0 bridgehead atoms. The molecule has 1 aromatic heterocycles. The van der Waals surface area contributed by atoms with E-state index < -0.39 is 0 Å². The fourth-order valence-electron chi connectivity index (χ4n) is 2.52. The summed E-state index contributed by atoms with van der Waals surface area (Å²) in [7, 11) is 0. The van der Waals surface area contributed by atoms with E-state index in [-0.39, 0.29) is 0 Å². The minimum atomic E-state index is 0.619. The highest BCUT2D eigenvalue weighted by Crippen LogP contribution is 2.20. The second-order valence-corrected chi connectivity index (χ2v) is 5.36. The number of aromatic nitrogens is 2. The molecule has 2 aromatic carbocycles. The van der Waals surface area contributed by atoms with Gasteiger partial charge >= 0.3 is 0 Å². The van der Waals surface area contributed by atoms with Crippen LogP contribution in [0.15, 0.2) is 54.9 Å². The Morgan fingerprint density at radius 2 is 1.59 bits per heavy atom.